The van der Waals surface area contributed by atoms with E-state index >= 15 is 0 Å². The van der Waals surface area contributed by atoms with E-state index < -0.39 is 0 Å². The molecule has 4 aromatic rings. The van der Waals surface area contributed by atoms with Crippen LogP contribution in [0.25, 0.3) is 33.7 Å². The van der Waals surface area contributed by atoms with Crippen LogP contribution in [0.1, 0.15) is 32.0 Å². The zero-order valence-corrected chi connectivity index (χ0v) is 20.3. The molecule has 0 spiro atoms. The summed E-state index contributed by atoms with van der Waals surface area (Å²) in [5.41, 5.74) is 5.61. The van der Waals surface area contributed by atoms with Gasteiger partial charge in [-0.15, -0.1) is 0 Å². The van der Waals surface area contributed by atoms with Crippen LogP contribution in [0.5, 0.6) is 0 Å². The van der Waals surface area contributed by atoms with Crippen LogP contribution >= 0.6 is 11.6 Å². The predicted molar refractivity (Wildman–Crippen MR) is 118 cm³/mol. The van der Waals surface area contributed by atoms with Gasteiger partial charge < -0.3 is 4.98 Å². The smallest absolute Gasteiger partial charge is 0.157 e. The maximum absolute atomic E-state index is 14.2. The average Bonchev–Trinajstić information content (AvgIpc) is 3.15. The van der Waals surface area contributed by atoms with Gasteiger partial charge >= 0.3 is 0 Å². The first kappa shape index (κ1) is 22.0. The summed E-state index contributed by atoms with van der Waals surface area (Å²) in [5, 5.41) is 5.18. The van der Waals surface area contributed by atoms with E-state index in [9.17, 15) is 4.39 Å². The van der Waals surface area contributed by atoms with Crippen molar-refractivity contribution in [1.29, 1.82) is 0 Å². The molecule has 0 saturated carbocycles. The molecule has 0 saturated heterocycles. The van der Waals surface area contributed by atoms with Gasteiger partial charge in [-0.25, -0.2) is 9.37 Å². The van der Waals surface area contributed by atoms with Crippen LogP contribution < -0.4 is 0 Å². The summed E-state index contributed by atoms with van der Waals surface area (Å²) >= 11 is 6.50. The molecule has 4 nitrogen and oxygen atoms in total. The van der Waals surface area contributed by atoms with Gasteiger partial charge in [0.05, 0.1) is 16.2 Å². The van der Waals surface area contributed by atoms with Crippen LogP contribution in [-0.4, -0.2) is 49.3 Å². The van der Waals surface area contributed by atoms with Crippen LogP contribution in [0.2, 0.25) is 5.02 Å². The van der Waals surface area contributed by atoms with Gasteiger partial charge in [-0.1, -0.05) is 50.6 Å². The number of nitrogens with one attached hydrogen (secondary N) is 1. The first-order valence-corrected chi connectivity index (χ1v) is 9.53. The largest absolute Gasteiger partial charge is 0.337 e. The maximum Gasteiger partial charge on any atom is 0.157 e. The van der Waals surface area contributed by atoms with E-state index in [1.807, 2.05) is 23.9 Å². The zero-order chi connectivity index (χ0) is 20.2. The Bertz CT molecular complexity index is 1200. The Morgan fingerprint density at radius 3 is 2.45 bits per heavy atom. The van der Waals surface area contributed by atoms with Gasteiger partial charge in [0.15, 0.2) is 5.82 Å². The number of rotatable bonds is 2. The molecule has 145 valence electrons. The van der Waals surface area contributed by atoms with Gasteiger partial charge in [0, 0.05) is 53.1 Å². The Balaban J connectivity index is 0.00000240. The van der Waals surface area contributed by atoms with Gasteiger partial charge in [0.2, 0.25) is 0 Å². The molecule has 0 unspecified atom stereocenters. The van der Waals surface area contributed by atoms with Crippen molar-refractivity contribution >= 4 is 52.2 Å². The molecule has 0 fully saturated rings. The summed E-state index contributed by atoms with van der Waals surface area (Å²) in [4.78, 5) is 8.06. The Labute approximate surface area is 196 Å². The second-order valence-electron chi connectivity index (χ2n) is 8.12. The molecule has 2 aromatic carbocycles. The standard InChI is InChI=1S/C22H22ClFN4.Na/c1-12-19(28(5)27-20(12)22(2,3)4)21-25-17-11-13(10-15(23)18(17)26-21)14-8-6-7-9-16(14)24;/h6-11H,1-5H3,(H,25,26);. The second kappa shape index (κ2) is 7.88. The Morgan fingerprint density at radius 2 is 1.83 bits per heavy atom. The molecule has 1 radical (unpaired) electrons. The first-order valence-electron chi connectivity index (χ1n) is 9.15. The van der Waals surface area contributed by atoms with E-state index in [2.05, 4.69) is 32.7 Å². The summed E-state index contributed by atoms with van der Waals surface area (Å²) in [6, 6.07) is 10.3. The minimum Gasteiger partial charge on any atom is -0.337 e. The number of fused-ring (bicyclic) bond motifs is 1. The Hall–Kier alpha value is -1.66. The monoisotopic (exact) mass is 419 g/mol. The van der Waals surface area contributed by atoms with Gasteiger partial charge in [0.25, 0.3) is 0 Å². The fourth-order valence-electron chi connectivity index (χ4n) is 3.71. The third-order valence-electron chi connectivity index (χ3n) is 4.94. The van der Waals surface area contributed by atoms with Crippen molar-refractivity contribution < 1.29 is 4.39 Å². The fourth-order valence-corrected chi connectivity index (χ4v) is 3.97. The molecule has 0 atom stereocenters. The van der Waals surface area contributed by atoms with Crippen molar-refractivity contribution in [2.75, 3.05) is 0 Å². The number of imidazole rings is 1. The number of aryl methyl sites for hydroxylation is 1. The molecule has 2 aromatic heterocycles. The van der Waals surface area contributed by atoms with Crippen molar-refractivity contribution in [2.24, 2.45) is 7.05 Å². The number of hydrogen-bond acceptors (Lipinski definition) is 2. The van der Waals surface area contributed by atoms with E-state index in [4.69, 9.17) is 21.7 Å². The van der Waals surface area contributed by atoms with Crippen LogP contribution in [0.3, 0.4) is 0 Å². The zero-order valence-electron chi connectivity index (χ0n) is 17.6. The second-order valence-corrected chi connectivity index (χ2v) is 8.52. The first-order chi connectivity index (χ1) is 13.2. The number of hydrogen-bond donors (Lipinski definition) is 1. The molecule has 0 amide bonds. The number of H-pyrrole nitrogens is 1. The average molecular weight is 420 g/mol. The van der Waals surface area contributed by atoms with E-state index in [-0.39, 0.29) is 40.8 Å². The van der Waals surface area contributed by atoms with Crippen molar-refractivity contribution in [1.82, 2.24) is 19.7 Å². The van der Waals surface area contributed by atoms with Crippen LogP contribution in [0.4, 0.5) is 4.39 Å². The normalized spacial score (nSPS) is 11.7. The molecule has 7 heteroatoms. The summed E-state index contributed by atoms with van der Waals surface area (Å²) in [6.07, 6.45) is 0. The molecule has 1 N–H and O–H groups in total. The van der Waals surface area contributed by atoms with E-state index in [0.717, 1.165) is 22.5 Å². The summed E-state index contributed by atoms with van der Waals surface area (Å²) in [7, 11) is 1.91. The molecule has 0 aliphatic heterocycles. The van der Waals surface area contributed by atoms with Crippen molar-refractivity contribution in [3.8, 4) is 22.6 Å². The van der Waals surface area contributed by atoms with Gasteiger partial charge in [-0.05, 0) is 30.7 Å². The number of halogens is 2. The van der Waals surface area contributed by atoms with E-state index in [1.165, 1.54) is 6.07 Å². The molecule has 29 heavy (non-hydrogen) atoms. The number of benzene rings is 2. The summed E-state index contributed by atoms with van der Waals surface area (Å²) < 4.78 is 16.1. The molecule has 2 heterocycles. The fraction of sp³-hybridized carbons (Fsp3) is 0.273. The SMILES string of the molecule is Cc1c(C(C)(C)C)nn(C)c1-c1nc2c(Cl)cc(-c3ccccc3F)cc2[nH]1.[Na]. The molecule has 0 bridgehead atoms. The minimum atomic E-state index is -0.282. The number of aromatic nitrogens is 4. The third-order valence-corrected chi connectivity index (χ3v) is 5.23. The third kappa shape index (κ3) is 3.89. The quantitative estimate of drug-likeness (QED) is 0.427. The van der Waals surface area contributed by atoms with E-state index in [1.54, 1.807) is 18.2 Å². The predicted octanol–water partition coefficient (Wildman–Crippen LogP) is 5.65. The topological polar surface area (TPSA) is 46.5 Å². The molecule has 4 rings (SSSR count). The number of aromatic amines is 1. The van der Waals surface area contributed by atoms with Gasteiger partial charge in [-0.3, -0.25) is 4.68 Å². The Morgan fingerprint density at radius 1 is 1.14 bits per heavy atom. The van der Waals surface area contributed by atoms with E-state index in [0.29, 0.717) is 27.5 Å². The van der Waals surface area contributed by atoms with Gasteiger partial charge in [0.1, 0.15) is 17.0 Å². The maximum atomic E-state index is 14.2. The van der Waals surface area contributed by atoms with Crippen molar-refractivity contribution in [3.05, 3.63) is 58.5 Å². The van der Waals surface area contributed by atoms with Crippen LogP contribution in [0, 0.1) is 12.7 Å². The summed E-state index contributed by atoms with van der Waals surface area (Å²) in [5.74, 6) is 0.417. The molecule has 0 aliphatic rings. The van der Waals surface area contributed by atoms with Crippen molar-refractivity contribution in [3.63, 3.8) is 0 Å². The molecular formula is C22H22ClFN4Na. The minimum absolute atomic E-state index is 0. The van der Waals surface area contributed by atoms with Crippen molar-refractivity contribution in [2.45, 2.75) is 33.1 Å². The van der Waals surface area contributed by atoms with Crippen LogP contribution in [-0.2, 0) is 12.5 Å². The van der Waals surface area contributed by atoms with Crippen LogP contribution in [0.15, 0.2) is 36.4 Å². The molecule has 0 aliphatic carbocycles. The number of nitrogens with zero attached hydrogens (tertiary/aromatic N) is 3. The molecular weight excluding hydrogens is 398 g/mol. The summed E-state index contributed by atoms with van der Waals surface area (Å²) in [6.45, 7) is 8.48. The van der Waals surface area contributed by atoms with Gasteiger partial charge in [-0.2, -0.15) is 5.10 Å². The Kier molecular flexibility index (Phi) is 5.98.